The predicted octanol–water partition coefficient (Wildman–Crippen LogP) is 6.65. The Hall–Kier alpha value is -0.500. The van der Waals surface area contributed by atoms with Crippen molar-refractivity contribution in [2.24, 2.45) is 0 Å². The summed E-state index contributed by atoms with van der Waals surface area (Å²) in [6.07, 6.45) is 15.9. The molecule has 9 heteroatoms. The largest absolute Gasteiger partial charge is 0.472 e. The lowest BCUT2D eigenvalue weighted by molar-refractivity contribution is -0.870. The van der Waals surface area contributed by atoms with Crippen molar-refractivity contribution in [1.29, 1.82) is 0 Å². The summed E-state index contributed by atoms with van der Waals surface area (Å²) in [4.78, 5) is 22.3. The van der Waals surface area contributed by atoms with Crippen molar-refractivity contribution < 1.29 is 37.3 Å². The standard InChI is InChI=1S/C27H56NO7P/c1-6-8-10-12-13-14-15-17-19-22-32-24-26(35-27(29)20-18-16-11-9-7-2)25-34-36(30,31)33-23-21-28(3,4)5/h26H,6-25H2,1-5H3/p+1. The molecule has 0 saturated carbocycles. The summed E-state index contributed by atoms with van der Waals surface area (Å²) >= 11 is 0. The minimum absolute atomic E-state index is 0.0919. The topological polar surface area (TPSA) is 91.3 Å². The van der Waals surface area contributed by atoms with Crippen LogP contribution in [0.5, 0.6) is 0 Å². The summed E-state index contributed by atoms with van der Waals surface area (Å²) in [6, 6.07) is 0. The number of quaternary nitrogens is 1. The van der Waals surface area contributed by atoms with Crippen LogP contribution in [0.25, 0.3) is 0 Å². The molecule has 0 rings (SSSR count). The van der Waals surface area contributed by atoms with Crippen molar-refractivity contribution in [2.45, 2.75) is 116 Å². The fraction of sp³-hybridized carbons (Fsp3) is 0.963. The number of unbranched alkanes of at least 4 members (excludes halogenated alkanes) is 12. The van der Waals surface area contributed by atoms with Crippen LogP contribution in [0.15, 0.2) is 0 Å². The summed E-state index contributed by atoms with van der Waals surface area (Å²) in [5.74, 6) is -0.328. The first kappa shape index (κ1) is 35.5. The number of phosphoric acid groups is 1. The van der Waals surface area contributed by atoms with Gasteiger partial charge in [-0.1, -0.05) is 90.9 Å². The lowest BCUT2D eigenvalue weighted by atomic mass is 10.1. The maximum absolute atomic E-state index is 12.3. The molecule has 0 heterocycles. The zero-order chi connectivity index (χ0) is 27.1. The molecule has 0 aliphatic heterocycles. The zero-order valence-electron chi connectivity index (χ0n) is 24.0. The van der Waals surface area contributed by atoms with Gasteiger partial charge in [0, 0.05) is 13.0 Å². The van der Waals surface area contributed by atoms with Gasteiger partial charge < -0.3 is 18.9 Å². The molecule has 0 aromatic heterocycles. The summed E-state index contributed by atoms with van der Waals surface area (Å²) < 4.78 is 34.3. The third-order valence-corrected chi connectivity index (χ3v) is 6.90. The fourth-order valence-corrected chi connectivity index (χ4v) is 4.35. The molecule has 0 aliphatic rings. The van der Waals surface area contributed by atoms with Crippen molar-refractivity contribution in [3.8, 4) is 0 Å². The smallest absolute Gasteiger partial charge is 0.457 e. The molecule has 0 radical (unpaired) electrons. The molecule has 1 N–H and O–H groups in total. The van der Waals surface area contributed by atoms with Crippen LogP contribution in [0, 0.1) is 0 Å². The molecule has 2 unspecified atom stereocenters. The van der Waals surface area contributed by atoms with Crippen molar-refractivity contribution in [1.82, 2.24) is 0 Å². The molecule has 0 spiro atoms. The number of hydrogen-bond acceptors (Lipinski definition) is 6. The van der Waals surface area contributed by atoms with Gasteiger partial charge in [-0.2, -0.15) is 0 Å². The van der Waals surface area contributed by atoms with Crippen LogP contribution in [-0.2, 0) is 27.9 Å². The highest BCUT2D eigenvalue weighted by atomic mass is 31.2. The second kappa shape index (κ2) is 22.5. The third kappa shape index (κ3) is 25.2. The van der Waals surface area contributed by atoms with Crippen LogP contribution < -0.4 is 0 Å². The van der Waals surface area contributed by atoms with Gasteiger partial charge in [-0.15, -0.1) is 0 Å². The minimum Gasteiger partial charge on any atom is -0.457 e. The summed E-state index contributed by atoms with van der Waals surface area (Å²) in [6.45, 7) is 5.50. The molecule has 2 atom stereocenters. The van der Waals surface area contributed by atoms with E-state index in [9.17, 15) is 14.3 Å². The Labute approximate surface area is 221 Å². The molecular weight excluding hydrogens is 481 g/mol. The molecule has 36 heavy (non-hydrogen) atoms. The minimum atomic E-state index is -4.23. The van der Waals surface area contributed by atoms with Gasteiger partial charge in [0.15, 0.2) is 0 Å². The molecule has 0 fully saturated rings. The summed E-state index contributed by atoms with van der Waals surface area (Å²) in [5, 5.41) is 0. The highest BCUT2D eigenvalue weighted by molar-refractivity contribution is 7.47. The first-order valence-corrected chi connectivity index (χ1v) is 15.8. The average molecular weight is 539 g/mol. The summed E-state index contributed by atoms with van der Waals surface area (Å²) in [7, 11) is 1.67. The first-order chi connectivity index (χ1) is 17.1. The van der Waals surface area contributed by atoms with Gasteiger partial charge in [0.1, 0.15) is 19.3 Å². The van der Waals surface area contributed by atoms with E-state index in [1.54, 1.807) is 0 Å². The highest BCUT2D eigenvalue weighted by Gasteiger charge is 2.26. The number of likely N-dealkylation sites (N-methyl/N-ethyl adjacent to an activating group) is 1. The number of rotatable bonds is 26. The molecule has 216 valence electrons. The van der Waals surface area contributed by atoms with E-state index in [-0.39, 0.29) is 25.8 Å². The molecule has 0 aliphatic carbocycles. The van der Waals surface area contributed by atoms with Crippen LogP contribution in [0.3, 0.4) is 0 Å². The van der Waals surface area contributed by atoms with E-state index in [2.05, 4.69) is 13.8 Å². The van der Waals surface area contributed by atoms with Gasteiger partial charge in [0.25, 0.3) is 0 Å². The SMILES string of the molecule is CCCCCCCCCCCOCC(COP(=O)(O)OCC[N+](C)(C)C)OC(=O)CCCCCCC. The van der Waals surface area contributed by atoms with Gasteiger partial charge in [0.2, 0.25) is 0 Å². The third-order valence-electron chi connectivity index (χ3n) is 5.92. The fourth-order valence-electron chi connectivity index (χ4n) is 3.61. The van der Waals surface area contributed by atoms with Gasteiger partial charge in [-0.25, -0.2) is 4.57 Å². The van der Waals surface area contributed by atoms with E-state index in [0.29, 0.717) is 24.1 Å². The zero-order valence-corrected chi connectivity index (χ0v) is 24.9. The Morgan fingerprint density at radius 1 is 0.750 bits per heavy atom. The van der Waals surface area contributed by atoms with Crippen LogP contribution in [0.4, 0.5) is 0 Å². The molecule has 0 aromatic rings. The number of ether oxygens (including phenoxy) is 2. The molecule has 0 bridgehead atoms. The Balaban J connectivity index is 4.37. The summed E-state index contributed by atoms with van der Waals surface area (Å²) in [5.41, 5.74) is 0. The Kier molecular flexibility index (Phi) is 22.2. The average Bonchev–Trinajstić information content (AvgIpc) is 2.79. The van der Waals surface area contributed by atoms with E-state index in [0.717, 1.165) is 44.9 Å². The number of esters is 1. The van der Waals surface area contributed by atoms with Gasteiger partial charge in [-0.3, -0.25) is 13.8 Å². The normalized spacial score (nSPS) is 14.5. The van der Waals surface area contributed by atoms with Crippen molar-refractivity contribution in [2.75, 3.05) is 54.1 Å². The second-order valence-electron chi connectivity index (χ2n) is 10.8. The van der Waals surface area contributed by atoms with Crippen LogP contribution in [-0.4, -0.2) is 75.6 Å². The van der Waals surface area contributed by atoms with Gasteiger partial charge in [-0.05, 0) is 12.8 Å². The van der Waals surface area contributed by atoms with Gasteiger partial charge >= 0.3 is 13.8 Å². The number of carbonyl (C=O) groups excluding carboxylic acids is 1. The highest BCUT2D eigenvalue weighted by Crippen LogP contribution is 2.43. The lowest BCUT2D eigenvalue weighted by Gasteiger charge is -2.24. The second-order valence-corrected chi connectivity index (χ2v) is 12.2. The molecule has 0 saturated heterocycles. The van der Waals surface area contributed by atoms with E-state index in [1.807, 2.05) is 21.1 Å². The van der Waals surface area contributed by atoms with Gasteiger partial charge in [0.05, 0.1) is 34.4 Å². The maximum atomic E-state index is 12.3. The maximum Gasteiger partial charge on any atom is 0.472 e. The first-order valence-electron chi connectivity index (χ1n) is 14.3. The van der Waals surface area contributed by atoms with Crippen LogP contribution in [0.1, 0.15) is 110 Å². The molecule has 0 amide bonds. The van der Waals surface area contributed by atoms with E-state index < -0.39 is 13.9 Å². The Morgan fingerprint density at radius 2 is 1.28 bits per heavy atom. The monoisotopic (exact) mass is 538 g/mol. The van der Waals surface area contributed by atoms with E-state index in [4.69, 9.17) is 18.5 Å². The number of hydrogen-bond donors (Lipinski definition) is 1. The quantitative estimate of drug-likeness (QED) is 0.0571. The number of carbonyl (C=O) groups is 1. The lowest BCUT2D eigenvalue weighted by Crippen LogP contribution is -2.37. The number of nitrogens with zero attached hydrogens (tertiary/aromatic N) is 1. The Bertz CT molecular complexity index is 569. The molecule has 0 aromatic carbocycles. The van der Waals surface area contributed by atoms with E-state index >= 15 is 0 Å². The van der Waals surface area contributed by atoms with Crippen molar-refractivity contribution >= 4 is 13.8 Å². The van der Waals surface area contributed by atoms with Crippen molar-refractivity contribution in [3.05, 3.63) is 0 Å². The predicted molar refractivity (Wildman–Crippen MR) is 146 cm³/mol. The number of phosphoric ester groups is 1. The molecular formula is C27H57NO7P+. The molecule has 8 nitrogen and oxygen atoms in total. The van der Waals surface area contributed by atoms with Crippen molar-refractivity contribution in [3.63, 3.8) is 0 Å². The van der Waals surface area contributed by atoms with E-state index in [1.165, 1.54) is 44.9 Å². The Morgan fingerprint density at radius 3 is 1.83 bits per heavy atom. The van der Waals surface area contributed by atoms with Crippen LogP contribution in [0.2, 0.25) is 0 Å². The van der Waals surface area contributed by atoms with Crippen LogP contribution >= 0.6 is 7.82 Å².